The summed E-state index contributed by atoms with van der Waals surface area (Å²) in [5.41, 5.74) is 0. The molecule has 2 aliphatic rings. The fourth-order valence-corrected chi connectivity index (χ4v) is 3.18. The summed E-state index contributed by atoms with van der Waals surface area (Å²) in [6, 6.07) is 5.85. The van der Waals surface area contributed by atoms with Crippen molar-refractivity contribution < 1.29 is 9.47 Å². The van der Waals surface area contributed by atoms with E-state index in [0.29, 0.717) is 11.8 Å². The maximum absolute atomic E-state index is 5.38. The van der Waals surface area contributed by atoms with Gasteiger partial charge in [0.1, 0.15) is 0 Å². The van der Waals surface area contributed by atoms with Crippen molar-refractivity contribution in [2.45, 2.75) is 0 Å². The van der Waals surface area contributed by atoms with E-state index in [9.17, 15) is 0 Å². The molecule has 4 heterocycles. The van der Waals surface area contributed by atoms with Crippen molar-refractivity contribution in [3.05, 3.63) is 24.4 Å². The van der Waals surface area contributed by atoms with Crippen LogP contribution in [0.25, 0.3) is 0 Å². The summed E-state index contributed by atoms with van der Waals surface area (Å²) in [5.74, 6) is 3.12. The van der Waals surface area contributed by atoms with Gasteiger partial charge in [-0.25, -0.2) is 4.98 Å². The fourth-order valence-electron chi connectivity index (χ4n) is 3.18. The van der Waals surface area contributed by atoms with Crippen molar-refractivity contribution in [3.8, 4) is 5.88 Å². The molecular formula is C17H23N7O2. The van der Waals surface area contributed by atoms with Gasteiger partial charge in [-0.1, -0.05) is 0 Å². The molecule has 9 heteroatoms. The molecule has 4 rings (SSSR count). The number of rotatable bonds is 4. The predicted octanol–water partition coefficient (Wildman–Crippen LogP) is 0.438. The van der Waals surface area contributed by atoms with Gasteiger partial charge in [-0.2, -0.15) is 4.98 Å². The molecule has 2 fully saturated rings. The topological polar surface area (TPSA) is 79.7 Å². The zero-order valence-electron chi connectivity index (χ0n) is 14.9. The van der Waals surface area contributed by atoms with Gasteiger partial charge in [-0.15, -0.1) is 10.2 Å². The summed E-state index contributed by atoms with van der Waals surface area (Å²) in [7, 11) is 1.61. The third-order valence-corrected chi connectivity index (χ3v) is 4.68. The lowest BCUT2D eigenvalue weighted by molar-refractivity contribution is 0.122. The van der Waals surface area contributed by atoms with Gasteiger partial charge in [0.05, 0.1) is 20.3 Å². The van der Waals surface area contributed by atoms with Crippen LogP contribution in [-0.2, 0) is 4.74 Å². The van der Waals surface area contributed by atoms with Crippen LogP contribution in [0, 0.1) is 0 Å². The summed E-state index contributed by atoms with van der Waals surface area (Å²) in [6.45, 7) is 6.61. The number of anilines is 3. The number of hydrogen-bond donors (Lipinski definition) is 0. The Balaban J connectivity index is 1.36. The van der Waals surface area contributed by atoms with E-state index in [1.807, 2.05) is 6.07 Å². The molecule has 26 heavy (non-hydrogen) atoms. The fraction of sp³-hybridized carbons (Fsp3) is 0.529. The SMILES string of the molecule is COc1ccnc(N2CCN(c3ccc(N4CCOCC4)nn3)CC2)n1. The van der Waals surface area contributed by atoms with Gasteiger partial charge < -0.3 is 24.2 Å². The first-order valence-electron chi connectivity index (χ1n) is 8.87. The molecule has 0 atom stereocenters. The third-order valence-electron chi connectivity index (χ3n) is 4.68. The normalized spacial score (nSPS) is 18.1. The Hall–Kier alpha value is -2.68. The van der Waals surface area contributed by atoms with E-state index in [2.05, 4.69) is 40.9 Å². The van der Waals surface area contributed by atoms with Crippen molar-refractivity contribution in [3.63, 3.8) is 0 Å². The second-order valence-electron chi connectivity index (χ2n) is 6.22. The number of aromatic nitrogens is 4. The highest BCUT2D eigenvalue weighted by Gasteiger charge is 2.21. The molecule has 0 N–H and O–H groups in total. The highest BCUT2D eigenvalue weighted by molar-refractivity contribution is 5.47. The maximum Gasteiger partial charge on any atom is 0.228 e. The van der Waals surface area contributed by atoms with Gasteiger partial charge in [0.25, 0.3) is 0 Å². The van der Waals surface area contributed by atoms with E-state index in [1.165, 1.54) is 0 Å². The van der Waals surface area contributed by atoms with Crippen LogP contribution < -0.4 is 19.4 Å². The van der Waals surface area contributed by atoms with E-state index < -0.39 is 0 Å². The monoisotopic (exact) mass is 357 g/mol. The number of hydrogen-bond acceptors (Lipinski definition) is 9. The summed E-state index contributed by atoms with van der Waals surface area (Å²) < 4.78 is 10.6. The van der Waals surface area contributed by atoms with Crippen LogP contribution in [0.1, 0.15) is 0 Å². The largest absolute Gasteiger partial charge is 0.481 e. The van der Waals surface area contributed by atoms with E-state index in [0.717, 1.165) is 64.1 Å². The van der Waals surface area contributed by atoms with Crippen LogP contribution in [0.5, 0.6) is 5.88 Å². The highest BCUT2D eigenvalue weighted by Crippen LogP contribution is 2.19. The lowest BCUT2D eigenvalue weighted by Crippen LogP contribution is -2.47. The van der Waals surface area contributed by atoms with Crippen molar-refractivity contribution in [2.24, 2.45) is 0 Å². The first kappa shape index (κ1) is 16.8. The van der Waals surface area contributed by atoms with Crippen LogP contribution in [-0.4, -0.2) is 79.8 Å². The summed E-state index contributed by atoms with van der Waals surface area (Å²) in [6.07, 6.45) is 1.73. The van der Waals surface area contributed by atoms with Crippen LogP contribution in [0.2, 0.25) is 0 Å². The molecule has 0 amide bonds. The van der Waals surface area contributed by atoms with Gasteiger partial charge in [-0.3, -0.25) is 0 Å². The second-order valence-corrected chi connectivity index (χ2v) is 6.22. The Morgan fingerprint density at radius 2 is 1.46 bits per heavy atom. The molecule has 0 bridgehead atoms. The maximum atomic E-state index is 5.38. The van der Waals surface area contributed by atoms with Gasteiger partial charge in [0, 0.05) is 51.5 Å². The standard InChI is InChI=1S/C17H23N7O2/c1-25-16-4-5-18-17(19-16)24-8-6-22(7-9-24)14-2-3-15(21-20-14)23-10-12-26-13-11-23/h2-5H,6-13H2,1H3. The van der Waals surface area contributed by atoms with Gasteiger partial charge in [-0.05, 0) is 12.1 Å². The van der Waals surface area contributed by atoms with E-state index in [-0.39, 0.29) is 0 Å². The lowest BCUT2D eigenvalue weighted by atomic mass is 10.3. The molecule has 0 aliphatic carbocycles. The minimum absolute atomic E-state index is 0.585. The van der Waals surface area contributed by atoms with Crippen LogP contribution in [0.15, 0.2) is 24.4 Å². The summed E-state index contributed by atoms with van der Waals surface area (Å²) >= 11 is 0. The van der Waals surface area contributed by atoms with E-state index in [4.69, 9.17) is 9.47 Å². The highest BCUT2D eigenvalue weighted by atomic mass is 16.5. The van der Waals surface area contributed by atoms with Crippen LogP contribution in [0.4, 0.5) is 17.6 Å². The molecule has 2 aromatic rings. The number of piperazine rings is 1. The molecule has 2 aromatic heterocycles. The molecule has 0 unspecified atom stereocenters. The molecule has 0 aromatic carbocycles. The number of methoxy groups -OCH3 is 1. The first-order chi connectivity index (χ1) is 12.8. The Kier molecular flexibility index (Phi) is 4.96. The molecular weight excluding hydrogens is 334 g/mol. The molecule has 0 radical (unpaired) electrons. The van der Waals surface area contributed by atoms with Gasteiger partial charge in [0.15, 0.2) is 11.6 Å². The number of nitrogens with zero attached hydrogens (tertiary/aromatic N) is 7. The second kappa shape index (κ2) is 7.69. The molecule has 2 aliphatic heterocycles. The third kappa shape index (κ3) is 3.62. The van der Waals surface area contributed by atoms with E-state index in [1.54, 1.807) is 19.4 Å². The van der Waals surface area contributed by atoms with Crippen molar-refractivity contribution in [1.29, 1.82) is 0 Å². The van der Waals surface area contributed by atoms with Crippen molar-refractivity contribution in [2.75, 3.05) is 74.3 Å². The Morgan fingerprint density at radius 3 is 2.08 bits per heavy atom. The molecule has 138 valence electrons. The minimum Gasteiger partial charge on any atom is -0.481 e. The summed E-state index contributed by atoms with van der Waals surface area (Å²) in [5, 5.41) is 8.83. The number of morpholine rings is 1. The zero-order valence-corrected chi connectivity index (χ0v) is 14.9. The van der Waals surface area contributed by atoms with Crippen molar-refractivity contribution >= 4 is 17.6 Å². The quantitative estimate of drug-likeness (QED) is 0.774. The average Bonchev–Trinajstić information content (AvgIpc) is 2.75. The molecule has 2 saturated heterocycles. The average molecular weight is 357 g/mol. The zero-order chi connectivity index (χ0) is 17.8. The smallest absolute Gasteiger partial charge is 0.228 e. The predicted molar refractivity (Wildman–Crippen MR) is 98.1 cm³/mol. The molecule has 9 nitrogen and oxygen atoms in total. The first-order valence-corrected chi connectivity index (χ1v) is 8.87. The van der Waals surface area contributed by atoms with Crippen molar-refractivity contribution in [1.82, 2.24) is 20.2 Å². The minimum atomic E-state index is 0.585. The van der Waals surface area contributed by atoms with Crippen LogP contribution in [0.3, 0.4) is 0 Å². The molecule has 0 saturated carbocycles. The Labute approximate surface area is 152 Å². The molecule has 0 spiro atoms. The van der Waals surface area contributed by atoms with Gasteiger partial charge >= 0.3 is 0 Å². The number of ether oxygens (including phenoxy) is 2. The Bertz CT molecular complexity index is 713. The van der Waals surface area contributed by atoms with Crippen LogP contribution >= 0.6 is 0 Å². The van der Waals surface area contributed by atoms with E-state index >= 15 is 0 Å². The lowest BCUT2D eigenvalue weighted by Gasteiger charge is -2.35. The Morgan fingerprint density at radius 1 is 0.846 bits per heavy atom. The van der Waals surface area contributed by atoms with Gasteiger partial charge in [0.2, 0.25) is 11.8 Å². The summed E-state index contributed by atoms with van der Waals surface area (Å²) in [4.78, 5) is 15.4.